The van der Waals surface area contributed by atoms with Crippen molar-refractivity contribution in [2.75, 3.05) is 20.1 Å². The highest BCUT2D eigenvalue weighted by Gasteiger charge is 2.40. The number of hydrogen-bond donors (Lipinski definition) is 2. The van der Waals surface area contributed by atoms with Crippen LogP contribution in [0.3, 0.4) is 0 Å². The van der Waals surface area contributed by atoms with Crippen LogP contribution in [0, 0.1) is 26.7 Å². The number of carbonyl (C=O) groups excluding carboxylic acids is 3. The fraction of sp³-hybridized carbons (Fsp3) is 0.500. The van der Waals surface area contributed by atoms with Gasteiger partial charge < -0.3 is 15.5 Å². The zero-order valence-corrected chi connectivity index (χ0v) is 14.9. The van der Waals surface area contributed by atoms with Gasteiger partial charge in [0.2, 0.25) is 11.8 Å². The summed E-state index contributed by atoms with van der Waals surface area (Å²) in [5, 5.41) is 5.40. The first-order valence-electron chi connectivity index (χ1n) is 8.10. The van der Waals surface area contributed by atoms with Crippen molar-refractivity contribution in [2.45, 2.75) is 33.7 Å². The molecule has 1 aliphatic heterocycles. The Morgan fingerprint density at radius 2 is 1.67 bits per heavy atom. The zero-order valence-electron chi connectivity index (χ0n) is 14.9. The van der Waals surface area contributed by atoms with Crippen LogP contribution in [0.1, 0.15) is 34.0 Å². The van der Waals surface area contributed by atoms with Gasteiger partial charge in [0, 0.05) is 32.6 Å². The van der Waals surface area contributed by atoms with E-state index in [1.54, 1.807) is 11.9 Å². The highest BCUT2D eigenvalue weighted by molar-refractivity contribution is 5.98. The van der Waals surface area contributed by atoms with Crippen molar-refractivity contribution in [3.63, 3.8) is 0 Å². The molecule has 2 atom stereocenters. The van der Waals surface area contributed by atoms with Gasteiger partial charge in [-0.25, -0.2) is 0 Å². The lowest BCUT2D eigenvalue weighted by molar-refractivity contribution is -0.125. The summed E-state index contributed by atoms with van der Waals surface area (Å²) in [4.78, 5) is 38.1. The molecule has 0 unspecified atom stereocenters. The molecule has 0 spiro atoms. The topological polar surface area (TPSA) is 78.5 Å². The highest BCUT2D eigenvalue weighted by Crippen LogP contribution is 2.24. The number of benzene rings is 1. The molecule has 1 aromatic carbocycles. The maximum atomic E-state index is 13.0. The molecule has 1 aromatic rings. The average Bonchev–Trinajstić information content (AvgIpc) is 2.88. The fourth-order valence-electron chi connectivity index (χ4n) is 3.50. The molecule has 0 saturated carbocycles. The number of nitrogens with zero attached hydrogens (tertiary/aromatic N) is 1. The van der Waals surface area contributed by atoms with Gasteiger partial charge in [0.15, 0.2) is 0 Å². The Balaban J connectivity index is 2.28. The van der Waals surface area contributed by atoms with Crippen LogP contribution >= 0.6 is 0 Å². The fourth-order valence-corrected chi connectivity index (χ4v) is 3.50. The molecule has 0 aromatic heterocycles. The summed E-state index contributed by atoms with van der Waals surface area (Å²) in [6.07, 6.45) is 0. The van der Waals surface area contributed by atoms with Gasteiger partial charge >= 0.3 is 0 Å². The Labute approximate surface area is 142 Å². The molecule has 24 heavy (non-hydrogen) atoms. The number of amides is 3. The molecule has 1 saturated heterocycles. The van der Waals surface area contributed by atoms with E-state index < -0.39 is 5.92 Å². The summed E-state index contributed by atoms with van der Waals surface area (Å²) in [5.41, 5.74) is 3.65. The number of aryl methyl sites for hydroxylation is 3. The van der Waals surface area contributed by atoms with E-state index in [0.29, 0.717) is 18.7 Å². The van der Waals surface area contributed by atoms with Crippen LogP contribution in [0.25, 0.3) is 0 Å². The molecule has 1 aliphatic rings. The van der Waals surface area contributed by atoms with Crippen LogP contribution in [0.4, 0.5) is 0 Å². The maximum Gasteiger partial charge on any atom is 0.254 e. The second-order valence-electron chi connectivity index (χ2n) is 6.51. The minimum Gasteiger partial charge on any atom is -0.359 e. The van der Waals surface area contributed by atoms with Gasteiger partial charge in [-0.05, 0) is 31.9 Å². The molecule has 1 heterocycles. The lowest BCUT2D eigenvalue weighted by atomic mass is 9.99. The van der Waals surface area contributed by atoms with Crippen molar-refractivity contribution in [2.24, 2.45) is 5.92 Å². The minimum atomic E-state index is -0.436. The summed E-state index contributed by atoms with van der Waals surface area (Å²) in [6, 6.07) is 3.60. The number of rotatable bonds is 3. The van der Waals surface area contributed by atoms with E-state index in [4.69, 9.17) is 0 Å². The van der Waals surface area contributed by atoms with Crippen LogP contribution in [-0.2, 0) is 9.59 Å². The van der Waals surface area contributed by atoms with E-state index >= 15 is 0 Å². The molecule has 6 heteroatoms. The van der Waals surface area contributed by atoms with Crippen LogP contribution in [0.2, 0.25) is 0 Å². The smallest absolute Gasteiger partial charge is 0.254 e. The van der Waals surface area contributed by atoms with Gasteiger partial charge in [0.1, 0.15) is 0 Å². The quantitative estimate of drug-likeness (QED) is 0.865. The van der Waals surface area contributed by atoms with Gasteiger partial charge in [-0.1, -0.05) is 17.7 Å². The molecule has 6 nitrogen and oxygen atoms in total. The van der Waals surface area contributed by atoms with Crippen LogP contribution in [-0.4, -0.2) is 48.8 Å². The van der Waals surface area contributed by atoms with E-state index in [0.717, 1.165) is 16.7 Å². The van der Waals surface area contributed by atoms with Gasteiger partial charge in [-0.3, -0.25) is 14.4 Å². The van der Waals surface area contributed by atoms with Gasteiger partial charge in [-0.2, -0.15) is 0 Å². The Hall–Kier alpha value is -2.37. The summed E-state index contributed by atoms with van der Waals surface area (Å²) >= 11 is 0. The average molecular weight is 331 g/mol. The highest BCUT2D eigenvalue weighted by atomic mass is 16.2. The molecule has 2 rings (SSSR count). The summed E-state index contributed by atoms with van der Waals surface area (Å²) in [5.74, 6) is -0.895. The Bertz CT molecular complexity index is 661. The van der Waals surface area contributed by atoms with Gasteiger partial charge in [0.25, 0.3) is 5.91 Å². The van der Waals surface area contributed by atoms with Crippen molar-refractivity contribution < 1.29 is 14.4 Å². The molecule has 130 valence electrons. The first-order chi connectivity index (χ1) is 11.2. The minimum absolute atomic E-state index is 0.0910. The van der Waals surface area contributed by atoms with Crippen molar-refractivity contribution in [1.82, 2.24) is 15.5 Å². The van der Waals surface area contributed by atoms with E-state index in [-0.39, 0.29) is 23.8 Å². The van der Waals surface area contributed by atoms with Gasteiger partial charge in [-0.15, -0.1) is 0 Å². The first kappa shape index (κ1) is 18.0. The van der Waals surface area contributed by atoms with Crippen LogP contribution < -0.4 is 10.6 Å². The molecular formula is C18H25N3O3. The number of likely N-dealkylation sites (tertiary alicyclic amines) is 1. The van der Waals surface area contributed by atoms with E-state index in [1.807, 2.05) is 32.9 Å². The standard InChI is InChI=1S/C18H25N3O3/c1-10-6-11(2)16(12(3)7-10)18(24)21-8-14(17(23)19-5)15(9-21)20-13(4)22/h6-7,14-15H,8-9H2,1-5H3,(H,19,23)(H,20,22)/t14-,15-/m0/s1. The molecule has 3 amide bonds. The third kappa shape index (κ3) is 3.58. The van der Waals surface area contributed by atoms with Gasteiger partial charge in [0.05, 0.1) is 12.0 Å². The van der Waals surface area contributed by atoms with Crippen LogP contribution in [0.15, 0.2) is 12.1 Å². The lowest BCUT2D eigenvalue weighted by Gasteiger charge is -2.19. The van der Waals surface area contributed by atoms with E-state index in [1.165, 1.54) is 6.92 Å². The molecule has 0 aliphatic carbocycles. The maximum absolute atomic E-state index is 13.0. The van der Waals surface area contributed by atoms with Crippen molar-refractivity contribution in [3.8, 4) is 0 Å². The molecule has 2 N–H and O–H groups in total. The normalized spacial score (nSPS) is 20.0. The molecule has 1 fully saturated rings. The molecule has 0 radical (unpaired) electrons. The first-order valence-corrected chi connectivity index (χ1v) is 8.10. The molecule has 0 bridgehead atoms. The molecular weight excluding hydrogens is 306 g/mol. The third-order valence-electron chi connectivity index (χ3n) is 4.47. The largest absolute Gasteiger partial charge is 0.359 e. The van der Waals surface area contributed by atoms with E-state index in [9.17, 15) is 14.4 Å². The summed E-state index contributed by atoms with van der Waals surface area (Å²) < 4.78 is 0. The zero-order chi connectivity index (χ0) is 18.0. The Morgan fingerprint density at radius 1 is 1.08 bits per heavy atom. The third-order valence-corrected chi connectivity index (χ3v) is 4.47. The monoisotopic (exact) mass is 331 g/mol. The van der Waals surface area contributed by atoms with Crippen molar-refractivity contribution in [3.05, 3.63) is 34.4 Å². The predicted octanol–water partition coefficient (Wildman–Crippen LogP) is 0.935. The van der Waals surface area contributed by atoms with Crippen molar-refractivity contribution >= 4 is 17.7 Å². The lowest BCUT2D eigenvalue weighted by Crippen LogP contribution is -2.44. The Kier molecular flexibility index (Phi) is 5.26. The number of carbonyl (C=O) groups is 3. The van der Waals surface area contributed by atoms with Crippen LogP contribution in [0.5, 0.6) is 0 Å². The summed E-state index contributed by atoms with van der Waals surface area (Å²) in [6.45, 7) is 7.90. The number of nitrogens with one attached hydrogen (secondary N) is 2. The second-order valence-corrected chi connectivity index (χ2v) is 6.51. The summed E-state index contributed by atoms with van der Waals surface area (Å²) in [7, 11) is 1.56. The number of hydrogen-bond acceptors (Lipinski definition) is 3. The Morgan fingerprint density at radius 3 is 2.17 bits per heavy atom. The SMILES string of the molecule is CNC(=O)[C@H]1CN(C(=O)c2c(C)cc(C)cc2C)C[C@@H]1NC(C)=O. The van der Waals surface area contributed by atoms with E-state index in [2.05, 4.69) is 10.6 Å². The predicted molar refractivity (Wildman–Crippen MR) is 91.7 cm³/mol. The van der Waals surface area contributed by atoms with Crippen molar-refractivity contribution in [1.29, 1.82) is 0 Å². The second kappa shape index (κ2) is 7.03.